The van der Waals surface area contributed by atoms with Crippen molar-refractivity contribution in [3.63, 3.8) is 0 Å². The minimum Gasteiger partial charge on any atom is -0.333 e. The predicted octanol–water partition coefficient (Wildman–Crippen LogP) is 3.14. The van der Waals surface area contributed by atoms with Crippen LogP contribution in [0.2, 0.25) is 0 Å². The molecule has 0 unspecified atom stereocenters. The van der Waals surface area contributed by atoms with E-state index in [0.29, 0.717) is 12.5 Å². The van der Waals surface area contributed by atoms with Crippen LogP contribution in [0.4, 0.5) is 8.78 Å². The molecule has 0 N–H and O–H groups in total. The minimum absolute atomic E-state index is 0.598. The monoisotopic (exact) mass is 348 g/mol. The molecule has 1 aliphatic rings. The van der Waals surface area contributed by atoms with Crippen molar-refractivity contribution in [1.29, 1.82) is 0 Å². The third-order valence-electron chi connectivity index (χ3n) is 4.60. The highest BCUT2D eigenvalue weighted by Crippen LogP contribution is 2.14. The summed E-state index contributed by atoms with van der Waals surface area (Å²) in [6, 6.07) is 4.16. The van der Waals surface area contributed by atoms with Crippen LogP contribution in [-0.2, 0) is 19.6 Å². The largest absolute Gasteiger partial charge is 0.333 e. The van der Waals surface area contributed by atoms with E-state index >= 15 is 0 Å². The molecule has 1 saturated heterocycles. The normalized spacial score (nSPS) is 16.7. The number of piperazine rings is 1. The van der Waals surface area contributed by atoms with Crippen LogP contribution < -0.4 is 0 Å². The van der Waals surface area contributed by atoms with Gasteiger partial charge in [0.1, 0.15) is 0 Å². The molecule has 0 atom stereocenters. The fourth-order valence-electron chi connectivity index (χ4n) is 3.27. The number of hydrogen-bond acceptors (Lipinski definition) is 3. The van der Waals surface area contributed by atoms with Crippen molar-refractivity contribution in [3.8, 4) is 0 Å². The molecule has 4 nitrogen and oxygen atoms in total. The number of hydrogen-bond donors (Lipinski definition) is 0. The van der Waals surface area contributed by atoms with Gasteiger partial charge in [0.05, 0.1) is 12.0 Å². The molecule has 25 heavy (non-hydrogen) atoms. The van der Waals surface area contributed by atoms with Gasteiger partial charge in [0.25, 0.3) is 0 Å². The summed E-state index contributed by atoms with van der Waals surface area (Å²) >= 11 is 0. The Hall–Kier alpha value is -1.79. The molecule has 1 aromatic heterocycles. The lowest BCUT2D eigenvalue weighted by Gasteiger charge is -2.34. The molecule has 2 aromatic rings. The Morgan fingerprint density at radius 3 is 2.32 bits per heavy atom. The molecule has 0 radical (unpaired) electrons. The predicted molar refractivity (Wildman–Crippen MR) is 94.0 cm³/mol. The Balaban J connectivity index is 1.50. The number of imidazole rings is 1. The standard InChI is InChI=1S/C19H26F2N4/c1-15(2)11-25-14-22-10-17(25)13-24-7-5-23(6-8-24)12-16-3-4-18(20)19(21)9-16/h3-4,9-10,14-15H,5-8,11-13H2,1-2H3. The molecular formula is C19H26F2N4. The maximum Gasteiger partial charge on any atom is 0.159 e. The van der Waals surface area contributed by atoms with Gasteiger partial charge in [-0.3, -0.25) is 9.80 Å². The number of halogens is 2. The van der Waals surface area contributed by atoms with Crippen molar-refractivity contribution in [2.45, 2.75) is 33.5 Å². The molecule has 1 aliphatic heterocycles. The van der Waals surface area contributed by atoms with Gasteiger partial charge in [-0.15, -0.1) is 0 Å². The van der Waals surface area contributed by atoms with Gasteiger partial charge in [-0.05, 0) is 23.6 Å². The van der Waals surface area contributed by atoms with Crippen LogP contribution >= 0.6 is 0 Å². The van der Waals surface area contributed by atoms with Crippen LogP contribution in [-0.4, -0.2) is 45.5 Å². The summed E-state index contributed by atoms with van der Waals surface area (Å²) in [5, 5.41) is 0. The number of benzene rings is 1. The third-order valence-corrected chi connectivity index (χ3v) is 4.60. The van der Waals surface area contributed by atoms with Crippen LogP contribution in [0.3, 0.4) is 0 Å². The summed E-state index contributed by atoms with van der Waals surface area (Å²) in [6.07, 6.45) is 3.87. The molecule has 3 rings (SSSR count). The quantitative estimate of drug-likeness (QED) is 0.802. The maximum absolute atomic E-state index is 13.3. The molecule has 1 fully saturated rings. The molecule has 1 aromatic carbocycles. The average molecular weight is 348 g/mol. The SMILES string of the molecule is CC(C)Cn1cncc1CN1CCN(Cc2ccc(F)c(F)c2)CC1. The summed E-state index contributed by atoms with van der Waals surface area (Å²) in [5.41, 5.74) is 2.07. The maximum atomic E-state index is 13.3. The first-order valence-electron chi connectivity index (χ1n) is 8.89. The number of nitrogens with zero attached hydrogens (tertiary/aromatic N) is 4. The van der Waals surface area contributed by atoms with E-state index in [4.69, 9.17) is 0 Å². The van der Waals surface area contributed by atoms with Crippen LogP contribution in [0, 0.1) is 17.6 Å². The molecule has 0 spiro atoms. The van der Waals surface area contributed by atoms with Crippen LogP contribution in [0.5, 0.6) is 0 Å². The fourth-order valence-corrected chi connectivity index (χ4v) is 3.27. The highest BCUT2D eigenvalue weighted by atomic mass is 19.2. The summed E-state index contributed by atoms with van der Waals surface area (Å²) < 4.78 is 28.6. The van der Waals surface area contributed by atoms with E-state index in [-0.39, 0.29) is 0 Å². The van der Waals surface area contributed by atoms with E-state index in [1.54, 1.807) is 6.07 Å². The van der Waals surface area contributed by atoms with Crippen molar-refractivity contribution in [2.24, 2.45) is 5.92 Å². The van der Waals surface area contributed by atoms with E-state index < -0.39 is 11.6 Å². The van der Waals surface area contributed by atoms with E-state index in [0.717, 1.165) is 44.8 Å². The molecule has 0 bridgehead atoms. The topological polar surface area (TPSA) is 24.3 Å². The Kier molecular flexibility index (Phi) is 5.81. The molecule has 136 valence electrons. The van der Waals surface area contributed by atoms with Gasteiger partial charge in [0, 0.05) is 52.0 Å². The summed E-state index contributed by atoms with van der Waals surface area (Å²) in [6.45, 7) is 10.8. The van der Waals surface area contributed by atoms with Gasteiger partial charge in [-0.1, -0.05) is 19.9 Å². The second-order valence-electron chi connectivity index (χ2n) is 7.23. The zero-order valence-electron chi connectivity index (χ0n) is 15.0. The summed E-state index contributed by atoms with van der Waals surface area (Å²) in [4.78, 5) is 9.00. The van der Waals surface area contributed by atoms with Gasteiger partial charge < -0.3 is 4.57 Å². The average Bonchev–Trinajstić information content (AvgIpc) is 2.99. The van der Waals surface area contributed by atoms with Crippen molar-refractivity contribution in [1.82, 2.24) is 19.4 Å². The van der Waals surface area contributed by atoms with Gasteiger partial charge in [-0.2, -0.15) is 0 Å². The van der Waals surface area contributed by atoms with Crippen LogP contribution in [0.25, 0.3) is 0 Å². The minimum atomic E-state index is -0.786. The molecule has 0 aliphatic carbocycles. The first-order valence-corrected chi connectivity index (χ1v) is 8.89. The Bertz CT molecular complexity index is 690. The highest BCUT2D eigenvalue weighted by Gasteiger charge is 2.19. The Labute approximate surface area is 148 Å². The van der Waals surface area contributed by atoms with Crippen molar-refractivity contribution >= 4 is 0 Å². The number of rotatable bonds is 6. The van der Waals surface area contributed by atoms with Gasteiger partial charge in [-0.25, -0.2) is 13.8 Å². The van der Waals surface area contributed by atoms with Crippen LogP contribution in [0.15, 0.2) is 30.7 Å². The zero-order valence-corrected chi connectivity index (χ0v) is 15.0. The lowest BCUT2D eigenvalue weighted by atomic mass is 10.2. The fraction of sp³-hybridized carbons (Fsp3) is 0.526. The summed E-state index contributed by atoms with van der Waals surface area (Å²) in [7, 11) is 0. The lowest BCUT2D eigenvalue weighted by molar-refractivity contribution is 0.119. The van der Waals surface area contributed by atoms with Crippen molar-refractivity contribution < 1.29 is 8.78 Å². The van der Waals surface area contributed by atoms with Gasteiger partial charge >= 0.3 is 0 Å². The second-order valence-corrected chi connectivity index (χ2v) is 7.23. The van der Waals surface area contributed by atoms with E-state index in [2.05, 4.69) is 33.2 Å². The third kappa shape index (κ3) is 4.86. The van der Waals surface area contributed by atoms with Crippen molar-refractivity contribution in [3.05, 3.63) is 53.6 Å². The first kappa shape index (κ1) is 18.0. The zero-order chi connectivity index (χ0) is 17.8. The Morgan fingerprint density at radius 2 is 1.68 bits per heavy atom. The van der Waals surface area contributed by atoms with Crippen molar-refractivity contribution in [2.75, 3.05) is 26.2 Å². The van der Waals surface area contributed by atoms with Gasteiger partial charge in [0.2, 0.25) is 0 Å². The molecule has 0 saturated carbocycles. The number of aromatic nitrogens is 2. The van der Waals surface area contributed by atoms with Crippen LogP contribution in [0.1, 0.15) is 25.1 Å². The lowest BCUT2D eigenvalue weighted by Crippen LogP contribution is -2.45. The van der Waals surface area contributed by atoms with E-state index in [1.165, 1.54) is 17.8 Å². The second kappa shape index (κ2) is 8.06. The molecule has 6 heteroatoms. The highest BCUT2D eigenvalue weighted by molar-refractivity contribution is 5.17. The molecule has 0 amide bonds. The van der Waals surface area contributed by atoms with E-state index in [1.807, 2.05) is 12.5 Å². The smallest absolute Gasteiger partial charge is 0.159 e. The molecular weight excluding hydrogens is 322 g/mol. The first-order chi connectivity index (χ1) is 12.0. The van der Waals surface area contributed by atoms with E-state index in [9.17, 15) is 8.78 Å². The molecule has 2 heterocycles. The Morgan fingerprint density at radius 1 is 1.00 bits per heavy atom. The van der Waals surface area contributed by atoms with Gasteiger partial charge in [0.15, 0.2) is 11.6 Å². The summed E-state index contributed by atoms with van der Waals surface area (Å²) in [5.74, 6) is -0.956.